The summed E-state index contributed by atoms with van der Waals surface area (Å²) in [6, 6.07) is 0. The molecule has 0 amide bonds. The van der Waals surface area contributed by atoms with E-state index in [9.17, 15) is 0 Å². The second kappa shape index (κ2) is 2.11. The number of rotatable bonds is 1. The van der Waals surface area contributed by atoms with Crippen LogP contribution in [0.15, 0.2) is 12.2 Å². The summed E-state index contributed by atoms with van der Waals surface area (Å²) in [5, 5.41) is 0. The van der Waals surface area contributed by atoms with Gasteiger partial charge in [-0.05, 0) is 23.7 Å². The van der Waals surface area contributed by atoms with E-state index in [0.717, 1.165) is 11.8 Å². The Hall–Kier alpha value is -0.260. The van der Waals surface area contributed by atoms with Crippen LogP contribution in [-0.4, -0.2) is 0 Å². The maximum atomic E-state index is 4.12. The number of hydrogen-bond donors (Lipinski definition) is 0. The summed E-state index contributed by atoms with van der Waals surface area (Å²) in [4.78, 5) is 0. The monoisotopic (exact) mass is 138 g/mol. The van der Waals surface area contributed by atoms with Crippen molar-refractivity contribution in [2.24, 2.45) is 17.3 Å². The Balaban J connectivity index is 2.68. The molecule has 0 heterocycles. The maximum Gasteiger partial charge on any atom is -0.0113 e. The van der Waals surface area contributed by atoms with Crippen LogP contribution in [-0.2, 0) is 0 Å². The molecule has 0 saturated heterocycles. The highest BCUT2D eigenvalue weighted by atomic mass is 14.5. The maximum absolute atomic E-state index is 4.12. The van der Waals surface area contributed by atoms with E-state index in [2.05, 4.69) is 34.3 Å². The van der Waals surface area contributed by atoms with Crippen LogP contribution in [0.1, 0.15) is 34.1 Å². The Kier molecular flexibility index (Phi) is 1.66. The van der Waals surface area contributed by atoms with Crippen molar-refractivity contribution in [1.82, 2.24) is 0 Å². The molecule has 0 aliphatic heterocycles. The first kappa shape index (κ1) is 7.84. The first-order valence-electron chi connectivity index (χ1n) is 4.21. The molecular weight excluding hydrogens is 120 g/mol. The van der Waals surface area contributed by atoms with E-state index in [1.54, 1.807) is 0 Å². The van der Waals surface area contributed by atoms with E-state index in [0.29, 0.717) is 5.41 Å². The van der Waals surface area contributed by atoms with Gasteiger partial charge in [-0.25, -0.2) is 0 Å². The minimum absolute atomic E-state index is 0.417. The van der Waals surface area contributed by atoms with Crippen LogP contribution in [0.4, 0.5) is 0 Å². The van der Waals surface area contributed by atoms with E-state index < -0.39 is 0 Å². The number of hydrogen-bond acceptors (Lipinski definition) is 0. The Labute approximate surface area is 64.3 Å². The molecule has 0 aromatic heterocycles. The SMILES string of the molecule is C=C1C(CC)C(C)C1(C)C. The van der Waals surface area contributed by atoms with Crippen LogP contribution in [0.3, 0.4) is 0 Å². The van der Waals surface area contributed by atoms with Gasteiger partial charge in [-0.2, -0.15) is 0 Å². The van der Waals surface area contributed by atoms with Crippen LogP contribution >= 0.6 is 0 Å². The molecule has 0 nitrogen and oxygen atoms in total. The lowest BCUT2D eigenvalue weighted by Crippen LogP contribution is -2.44. The summed E-state index contributed by atoms with van der Waals surface area (Å²) in [6.07, 6.45) is 1.27. The molecule has 10 heavy (non-hydrogen) atoms. The molecule has 1 aliphatic rings. The molecule has 1 rings (SSSR count). The van der Waals surface area contributed by atoms with Gasteiger partial charge in [0.1, 0.15) is 0 Å². The highest BCUT2D eigenvalue weighted by Gasteiger charge is 2.46. The van der Waals surface area contributed by atoms with Gasteiger partial charge in [0.2, 0.25) is 0 Å². The fourth-order valence-corrected chi connectivity index (χ4v) is 2.08. The highest BCUT2D eigenvalue weighted by Crippen LogP contribution is 2.55. The molecule has 2 atom stereocenters. The zero-order valence-electron chi connectivity index (χ0n) is 7.57. The van der Waals surface area contributed by atoms with Crippen molar-refractivity contribution in [1.29, 1.82) is 0 Å². The third kappa shape index (κ3) is 0.744. The first-order chi connectivity index (χ1) is 4.51. The summed E-state index contributed by atoms with van der Waals surface area (Å²) in [6.45, 7) is 13.3. The highest BCUT2D eigenvalue weighted by molar-refractivity contribution is 5.24. The molecule has 1 aliphatic carbocycles. The van der Waals surface area contributed by atoms with Crippen LogP contribution in [0.25, 0.3) is 0 Å². The topological polar surface area (TPSA) is 0 Å². The minimum atomic E-state index is 0.417. The van der Waals surface area contributed by atoms with Crippen molar-refractivity contribution < 1.29 is 0 Å². The Morgan fingerprint density at radius 1 is 1.50 bits per heavy atom. The lowest BCUT2D eigenvalue weighted by molar-refractivity contribution is 0.0984. The predicted octanol–water partition coefficient (Wildman–Crippen LogP) is 3.24. The van der Waals surface area contributed by atoms with E-state index in [-0.39, 0.29) is 0 Å². The average Bonchev–Trinajstić information content (AvgIpc) is 1.89. The summed E-state index contributed by atoms with van der Waals surface area (Å²) in [5.74, 6) is 1.64. The molecule has 1 fully saturated rings. The zero-order chi connectivity index (χ0) is 7.94. The molecule has 1 saturated carbocycles. The van der Waals surface area contributed by atoms with Crippen molar-refractivity contribution in [3.05, 3.63) is 12.2 Å². The molecule has 0 aromatic rings. The standard InChI is InChI=1S/C10H18/c1-6-9-7(2)10(4,5)8(9)3/h8-9H,2,6H2,1,3-5H3. The van der Waals surface area contributed by atoms with Crippen LogP contribution in [0.2, 0.25) is 0 Å². The lowest BCUT2D eigenvalue weighted by atomic mass is 9.52. The Bertz CT molecular complexity index is 153. The van der Waals surface area contributed by atoms with Gasteiger partial charge in [0.25, 0.3) is 0 Å². The normalized spacial score (nSPS) is 37.4. The average molecular weight is 138 g/mol. The van der Waals surface area contributed by atoms with E-state index in [4.69, 9.17) is 0 Å². The van der Waals surface area contributed by atoms with Crippen molar-refractivity contribution in [2.75, 3.05) is 0 Å². The van der Waals surface area contributed by atoms with Crippen LogP contribution in [0, 0.1) is 17.3 Å². The quantitative estimate of drug-likeness (QED) is 0.488. The van der Waals surface area contributed by atoms with Gasteiger partial charge >= 0.3 is 0 Å². The zero-order valence-corrected chi connectivity index (χ0v) is 7.57. The second-order valence-electron chi connectivity index (χ2n) is 4.05. The van der Waals surface area contributed by atoms with Crippen molar-refractivity contribution in [2.45, 2.75) is 34.1 Å². The molecule has 58 valence electrons. The summed E-state index contributed by atoms with van der Waals surface area (Å²) < 4.78 is 0. The van der Waals surface area contributed by atoms with E-state index in [1.807, 2.05) is 0 Å². The molecule has 0 spiro atoms. The van der Waals surface area contributed by atoms with Gasteiger partial charge in [-0.1, -0.05) is 39.8 Å². The summed E-state index contributed by atoms with van der Waals surface area (Å²) in [5.41, 5.74) is 1.88. The van der Waals surface area contributed by atoms with Crippen molar-refractivity contribution in [3.63, 3.8) is 0 Å². The molecule has 2 unspecified atom stereocenters. The fraction of sp³-hybridized carbons (Fsp3) is 0.800. The second-order valence-corrected chi connectivity index (χ2v) is 4.05. The predicted molar refractivity (Wildman–Crippen MR) is 45.9 cm³/mol. The van der Waals surface area contributed by atoms with Crippen molar-refractivity contribution >= 4 is 0 Å². The van der Waals surface area contributed by atoms with Gasteiger partial charge < -0.3 is 0 Å². The molecule has 0 heteroatoms. The third-order valence-corrected chi connectivity index (χ3v) is 3.46. The molecule has 0 radical (unpaired) electrons. The summed E-state index contributed by atoms with van der Waals surface area (Å²) in [7, 11) is 0. The summed E-state index contributed by atoms with van der Waals surface area (Å²) >= 11 is 0. The van der Waals surface area contributed by atoms with Gasteiger partial charge in [0.05, 0.1) is 0 Å². The van der Waals surface area contributed by atoms with Crippen LogP contribution < -0.4 is 0 Å². The van der Waals surface area contributed by atoms with Gasteiger partial charge in [-0.15, -0.1) is 0 Å². The molecule has 0 aromatic carbocycles. The lowest BCUT2D eigenvalue weighted by Gasteiger charge is -2.52. The van der Waals surface area contributed by atoms with Gasteiger partial charge in [0, 0.05) is 0 Å². The van der Waals surface area contributed by atoms with E-state index in [1.165, 1.54) is 12.0 Å². The van der Waals surface area contributed by atoms with Crippen LogP contribution in [0.5, 0.6) is 0 Å². The minimum Gasteiger partial charge on any atom is -0.0990 e. The molecular formula is C10H18. The Morgan fingerprint density at radius 3 is 2.20 bits per heavy atom. The fourth-order valence-electron chi connectivity index (χ4n) is 2.08. The smallest absolute Gasteiger partial charge is 0.0113 e. The van der Waals surface area contributed by atoms with Gasteiger partial charge in [-0.3, -0.25) is 0 Å². The molecule has 0 bridgehead atoms. The Morgan fingerprint density at radius 2 is 2.00 bits per heavy atom. The van der Waals surface area contributed by atoms with Crippen molar-refractivity contribution in [3.8, 4) is 0 Å². The third-order valence-electron chi connectivity index (χ3n) is 3.46. The number of allylic oxidation sites excluding steroid dienone is 1. The largest absolute Gasteiger partial charge is 0.0990 e. The first-order valence-corrected chi connectivity index (χ1v) is 4.21. The van der Waals surface area contributed by atoms with E-state index >= 15 is 0 Å². The molecule has 0 N–H and O–H groups in total. The van der Waals surface area contributed by atoms with Gasteiger partial charge in [0.15, 0.2) is 0 Å².